The largest absolute Gasteiger partial charge is 0.486 e. The van der Waals surface area contributed by atoms with Crippen molar-refractivity contribution in [2.75, 3.05) is 18.9 Å². The number of nitrogen functional groups attached to an aromatic ring is 1. The Labute approximate surface area is 85.0 Å². The molecule has 0 atom stereocenters. The smallest absolute Gasteiger partial charge is 0.185 e. The lowest BCUT2D eigenvalue weighted by molar-refractivity contribution is 0.172. The van der Waals surface area contributed by atoms with Gasteiger partial charge in [-0.25, -0.2) is 0 Å². The van der Waals surface area contributed by atoms with E-state index in [1.54, 1.807) is 0 Å². The van der Waals surface area contributed by atoms with E-state index in [1.807, 2.05) is 13.0 Å². The Morgan fingerprint density at radius 2 is 2.08 bits per heavy atom. The summed E-state index contributed by atoms with van der Waals surface area (Å²) in [5, 5.41) is 0. The van der Waals surface area contributed by atoms with E-state index in [0.717, 1.165) is 15.8 Å². The molecule has 0 spiro atoms. The average Bonchev–Trinajstić information content (AvgIpc) is 2.15. The third-order valence-electron chi connectivity index (χ3n) is 1.99. The van der Waals surface area contributed by atoms with Gasteiger partial charge in [-0.05, 0) is 34.5 Å². The molecule has 0 amide bonds. The lowest BCUT2D eigenvalue weighted by Gasteiger charge is -2.21. The van der Waals surface area contributed by atoms with Crippen molar-refractivity contribution in [1.82, 2.24) is 0 Å². The SMILES string of the molecule is Cc1cc2c(c(N)c1Br)OCCO2. The molecule has 0 unspecified atom stereocenters. The second-order valence-corrected chi connectivity index (χ2v) is 3.74. The first-order chi connectivity index (χ1) is 6.20. The van der Waals surface area contributed by atoms with E-state index in [4.69, 9.17) is 15.2 Å². The minimum Gasteiger partial charge on any atom is -0.486 e. The number of hydrogen-bond acceptors (Lipinski definition) is 3. The maximum absolute atomic E-state index is 5.85. The van der Waals surface area contributed by atoms with Crippen molar-refractivity contribution >= 4 is 21.6 Å². The van der Waals surface area contributed by atoms with Gasteiger partial charge in [-0.1, -0.05) is 0 Å². The fourth-order valence-corrected chi connectivity index (χ4v) is 1.62. The number of nitrogens with two attached hydrogens (primary N) is 1. The van der Waals surface area contributed by atoms with Gasteiger partial charge in [0.25, 0.3) is 0 Å². The number of halogens is 1. The maximum atomic E-state index is 5.85. The summed E-state index contributed by atoms with van der Waals surface area (Å²) in [7, 11) is 0. The fourth-order valence-electron chi connectivity index (χ4n) is 1.32. The van der Waals surface area contributed by atoms with Gasteiger partial charge in [0.05, 0.1) is 5.69 Å². The number of rotatable bonds is 0. The predicted octanol–water partition coefficient (Wildman–Crippen LogP) is 2.11. The lowest BCUT2D eigenvalue weighted by atomic mass is 10.2. The van der Waals surface area contributed by atoms with Gasteiger partial charge in [-0.15, -0.1) is 0 Å². The standard InChI is InChI=1S/C9H10BrNO2/c1-5-4-6-9(8(11)7(5)10)13-3-2-12-6/h4H,2-3,11H2,1H3. The average molecular weight is 244 g/mol. The first-order valence-electron chi connectivity index (χ1n) is 4.04. The van der Waals surface area contributed by atoms with Gasteiger partial charge in [-0.2, -0.15) is 0 Å². The highest BCUT2D eigenvalue weighted by molar-refractivity contribution is 9.10. The van der Waals surface area contributed by atoms with Crippen LogP contribution in [0.3, 0.4) is 0 Å². The Hall–Kier alpha value is -0.900. The fraction of sp³-hybridized carbons (Fsp3) is 0.333. The summed E-state index contributed by atoms with van der Waals surface area (Å²) in [6.07, 6.45) is 0. The molecule has 1 aliphatic rings. The molecule has 2 rings (SSSR count). The number of hydrogen-bond donors (Lipinski definition) is 1. The van der Waals surface area contributed by atoms with Gasteiger partial charge >= 0.3 is 0 Å². The number of benzene rings is 1. The van der Waals surface area contributed by atoms with Gasteiger partial charge < -0.3 is 15.2 Å². The van der Waals surface area contributed by atoms with Crippen LogP contribution in [0.5, 0.6) is 11.5 Å². The van der Waals surface area contributed by atoms with Crippen LogP contribution in [0, 0.1) is 6.92 Å². The van der Waals surface area contributed by atoms with Gasteiger partial charge in [0.15, 0.2) is 11.5 Å². The second-order valence-electron chi connectivity index (χ2n) is 2.95. The molecule has 1 aromatic carbocycles. The summed E-state index contributed by atoms with van der Waals surface area (Å²) < 4.78 is 11.7. The zero-order valence-electron chi connectivity index (χ0n) is 7.26. The van der Waals surface area contributed by atoms with E-state index in [-0.39, 0.29) is 0 Å². The number of aryl methyl sites for hydroxylation is 1. The Morgan fingerprint density at radius 3 is 2.85 bits per heavy atom. The van der Waals surface area contributed by atoms with Crippen molar-refractivity contribution in [2.24, 2.45) is 0 Å². The van der Waals surface area contributed by atoms with Crippen molar-refractivity contribution in [2.45, 2.75) is 6.92 Å². The molecule has 1 heterocycles. The highest BCUT2D eigenvalue weighted by atomic mass is 79.9. The molecule has 2 N–H and O–H groups in total. The van der Waals surface area contributed by atoms with Crippen LogP contribution < -0.4 is 15.2 Å². The summed E-state index contributed by atoms with van der Waals surface area (Å²) in [6.45, 7) is 3.12. The van der Waals surface area contributed by atoms with E-state index in [9.17, 15) is 0 Å². The molecule has 1 aromatic rings. The lowest BCUT2D eigenvalue weighted by Crippen LogP contribution is -2.16. The van der Waals surface area contributed by atoms with Crippen molar-refractivity contribution in [3.8, 4) is 11.5 Å². The van der Waals surface area contributed by atoms with Gasteiger partial charge in [0, 0.05) is 4.47 Å². The molecule has 4 heteroatoms. The van der Waals surface area contributed by atoms with Crippen molar-refractivity contribution in [1.29, 1.82) is 0 Å². The van der Waals surface area contributed by atoms with Crippen molar-refractivity contribution < 1.29 is 9.47 Å². The molecule has 0 saturated heterocycles. The molecule has 0 bridgehead atoms. The molecule has 0 radical (unpaired) electrons. The highest BCUT2D eigenvalue weighted by Crippen LogP contribution is 2.42. The summed E-state index contributed by atoms with van der Waals surface area (Å²) in [6, 6.07) is 1.93. The van der Waals surface area contributed by atoms with E-state index in [0.29, 0.717) is 24.7 Å². The van der Waals surface area contributed by atoms with Crippen LogP contribution in [0.2, 0.25) is 0 Å². The predicted molar refractivity (Wildman–Crippen MR) is 54.3 cm³/mol. The molecule has 3 nitrogen and oxygen atoms in total. The minimum atomic E-state index is 0.562. The maximum Gasteiger partial charge on any atom is 0.185 e. The Bertz CT molecular complexity index is 352. The zero-order valence-corrected chi connectivity index (χ0v) is 8.85. The summed E-state index contributed by atoms with van der Waals surface area (Å²) >= 11 is 3.40. The zero-order chi connectivity index (χ0) is 9.42. The quantitative estimate of drug-likeness (QED) is 0.711. The third kappa shape index (κ3) is 1.35. The van der Waals surface area contributed by atoms with Crippen LogP contribution >= 0.6 is 15.9 Å². The van der Waals surface area contributed by atoms with Crippen LogP contribution in [0.25, 0.3) is 0 Å². The molecule has 0 aromatic heterocycles. The van der Waals surface area contributed by atoms with Gasteiger partial charge in [0.1, 0.15) is 13.2 Å². The Balaban J connectivity index is 2.60. The van der Waals surface area contributed by atoms with Crippen LogP contribution in [0.4, 0.5) is 5.69 Å². The molecule has 0 fully saturated rings. The summed E-state index contributed by atoms with van der Waals surface area (Å²) in [5.74, 6) is 1.40. The topological polar surface area (TPSA) is 44.5 Å². The van der Waals surface area contributed by atoms with Gasteiger partial charge in [-0.3, -0.25) is 0 Å². The number of ether oxygens (including phenoxy) is 2. The Morgan fingerprint density at radius 1 is 1.38 bits per heavy atom. The van der Waals surface area contributed by atoms with E-state index >= 15 is 0 Å². The second kappa shape index (κ2) is 3.10. The summed E-state index contributed by atoms with van der Waals surface area (Å²) in [4.78, 5) is 0. The van der Waals surface area contributed by atoms with Crippen LogP contribution in [0.1, 0.15) is 5.56 Å². The van der Waals surface area contributed by atoms with Crippen LogP contribution in [-0.4, -0.2) is 13.2 Å². The van der Waals surface area contributed by atoms with E-state index in [1.165, 1.54) is 0 Å². The molecule has 0 saturated carbocycles. The minimum absolute atomic E-state index is 0.562. The van der Waals surface area contributed by atoms with Crippen molar-refractivity contribution in [3.05, 3.63) is 16.1 Å². The van der Waals surface area contributed by atoms with Crippen LogP contribution in [0.15, 0.2) is 10.5 Å². The molecule has 1 aliphatic heterocycles. The molecule has 0 aliphatic carbocycles. The van der Waals surface area contributed by atoms with Crippen LogP contribution in [-0.2, 0) is 0 Å². The monoisotopic (exact) mass is 243 g/mol. The molecule has 70 valence electrons. The van der Waals surface area contributed by atoms with Crippen molar-refractivity contribution in [3.63, 3.8) is 0 Å². The Kier molecular flexibility index (Phi) is 2.07. The van der Waals surface area contributed by atoms with Gasteiger partial charge in [0.2, 0.25) is 0 Å². The highest BCUT2D eigenvalue weighted by Gasteiger charge is 2.18. The molecular formula is C9H10BrNO2. The normalized spacial score (nSPS) is 14.3. The molecule has 13 heavy (non-hydrogen) atoms. The van der Waals surface area contributed by atoms with E-state index in [2.05, 4.69) is 15.9 Å². The number of fused-ring (bicyclic) bond motifs is 1. The van der Waals surface area contributed by atoms with E-state index < -0.39 is 0 Å². The summed E-state index contributed by atoms with van der Waals surface area (Å²) in [5.41, 5.74) is 7.53. The third-order valence-corrected chi connectivity index (χ3v) is 3.04. The first kappa shape index (κ1) is 8.69. The molecular weight excluding hydrogens is 234 g/mol. The number of anilines is 1. The first-order valence-corrected chi connectivity index (χ1v) is 4.83.